The zero-order valence-corrected chi connectivity index (χ0v) is 18.4. The van der Waals surface area contributed by atoms with E-state index < -0.39 is 0 Å². The maximum atomic E-state index is 12.7. The summed E-state index contributed by atoms with van der Waals surface area (Å²) in [5, 5.41) is 6.15. The Kier molecular flexibility index (Phi) is 6.07. The van der Waals surface area contributed by atoms with Crippen LogP contribution >= 0.6 is 22.7 Å². The fourth-order valence-electron chi connectivity index (χ4n) is 3.62. The fraction of sp³-hybridized carbons (Fsp3) is 0.500. The van der Waals surface area contributed by atoms with Gasteiger partial charge in [0.25, 0.3) is 5.56 Å². The van der Waals surface area contributed by atoms with Gasteiger partial charge in [-0.15, -0.1) is 22.7 Å². The molecular formula is C20H25N5O2S2. The highest BCUT2D eigenvalue weighted by Gasteiger charge is 2.15. The van der Waals surface area contributed by atoms with E-state index in [4.69, 9.17) is 0 Å². The van der Waals surface area contributed by atoms with Crippen LogP contribution in [0, 0.1) is 13.8 Å². The molecule has 1 saturated heterocycles. The first-order valence-electron chi connectivity index (χ1n) is 9.93. The van der Waals surface area contributed by atoms with Crippen LogP contribution in [0.15, 0.2) is 16.5 Å². The van der Waals surface area contributed by atoms with Gasteiger partial charge in [0.15, 0.2) is 5.13 Å². The van der Waals surface area contributed by atoms with Crippen molar-refractivity contribution in [1.82, 2.24) is 19.4 Å². The minimum atomic E-state index is -0.144. The van der Waals surface area contributed by atoms with Gasteiger partial charge in [-0.05, 0) is 45.3 Å². The first-order chi connectivity index (χ1) is 14.0. The second kappa shape index (κ2) is 8.73. The molecule has 0 atom stereocenters. The van der Waals surface area contributed by atoms with Gasteiger partial charge in [-0.3, -0.25) is 19.1 Å². The molecule has 0 bridgehead atoms. The van der Waals surface area contributed by atoms with Crippen molar-refractivity contribution in [2.75, 3.05) is 18.4 Å². The topological polar surface area (TPSA) is 80.1 Å². The average Bonchev–Trinajstić information content (AvgIpc) is 3.26. The minimum absolute atomic E-state index is 0.0808. The number of carbonyl (C=O) groups excluding carboxylic acids is 1. The molecule has 1 N–H and O–H groups in total. The second-order valence-electron chi connectivity index (χ2n) is 7.49. The van der Waals surface area contributed by atoms with E-state index in [0.29, 0.717) is 17.1 Å². The van der Waals surface area contributed by atoms with Crippen molar-refractivity contribution >= 4 is 43.9 Å². The van der Waals surface area contributed by atoms with E-state index in [1.165, 1.54) is 52.8 Å². The summed E-state index contributed by atoms with van der Waals surface area (Å²) < 4.78 is 1.52. The van der Waals surface area contributed by atoms with Crippen LogP contribution in [0.4, 0.5) is 5.13 Å². The third-order valence-corrected chi connectivity index (χ3v) is 7.29. The summed E-state index contributed by atoms with van der Waals surface area (Å²) >= 11 is 2.98. The number of hydrogen-bond donors (Lipinski definition) is 1. The maximum absolute atomic E-state index is 12.7. The molecule has 0 saturated carbocycles. The summed E-state index contributed by atoms with van der Waals surface area (Å²) in [4.78, 5) is 38.2. The van der Waals surface area contributed by atoms with Crippen LogP contribution in [0.5, 0.6) is 0 Å². The number of carbonyl (C=O) groups is 1. The highest BCUT2D eigenvalue weighted by molar-refractivity contribution is 7.18. The van der Waals surface area contributed by atoms with Gasteiger partial charge >= 0.3 is 0 Å². The van der Waals surface area contributed by atoms with E-state index >= 15 is 0 Å². The van der Waals surface area contributed by atoms with Crippen molar-refractivity contribution in [2.24, 2.45) is 0 Å². The summed E-state index contributed by atoms with van der Waals surface area (Å²) in [6.45, 7) is 7.32. The fourth-order valence-corrected chi connectivity index (χ4v) is 5.32. The molecule has 29 heavy (non-hydrogen) atoms. The lowest BCUT2D eigenvalue weighted by Crippen LogP contribution is -2.29. The van der Waals surface area contributed by atoms with Gasteiger partial charge in [0.1, 0.15) is 4.83 Å². The van der Waals surface area contributed by atoms with Crippen LogP contribution in [0.1, 0.15) is 41.8 Å². The Morgan fingerprint density at radius 3 is 2.83 bits per heavy atom. The van der Waals surface area contributed by atoms with Gasteiger partial charge in [0, 0.05) is 29.8 Å². The van der Waals surface area contributed by atoms with Gasteiger partial charge in [0.05, 0.1) is 17.4 Å². The Labute approximate surface area is 177 Å². The first-order valence-corrected chi connectivity index (χ1v) is 11.6. The normalized spacial score (nSPS) is 15.1. The molecule has 0 radical (unpaired) electrons. The van der Waals surface area contributed by atoms with Crippen LogP contribution in [0.3, 0.4) is 0 Å². The van der Waals surface area contributed by atoms with Crippen molar-refractivity contribution in [1.29, 1.82) is 0 Å². The molecule has 4 rings (SSSR count). The molecule has 1 amide bonds. The summed E-state index contributed by atoms with van der Waals surface area (Å²) in [5.41, 5.74) is 1.90. The number of piperidine rings is 1. The van der Waals surface area contributed by atoms with Gasteiger partial charge in [-0.2, -0.15) is 0 Å². The lowest BCUT2D eigenvalue weighted by Gasteiger charge is -2.25. The number of aromatic nitrogens is 3. The Bertz CT molecular complexity index is 1080. The number of likely N-dealkylation sites (tertiary alicyclic amines) is 1. The molecule has 0 aliphatic carbocycles. The van der Waals surface area contributed by atoms with Crippen molar-refractivity contribution in [2.45, 2.75) is 52.6 Å². The van der Waals surface area contributed by atoms with Crippen molar-refractivity contribution < 1.29 is 4.79 Å². The van der Waals surface area contributed by atoms with Crippen LogP contribution < -0.4 is 10.9 Å². The lowest BCUT2D eigenvalue weighted by molar-refractivity contribution is -0.116. The maximum Gasteiger partial charge on any atom is 0.262 e. The molecule has 4 heterocycles. The van der Waals surface area contributed by atoms with E-state index in [-0.39, 0.29) is 17.9 Å². The number of rotatable bonds is 6. The Hall–Kier alpha value is -2.10. The largest absolute Gasteiger partial charge is 0.302 e. The number of anilines is 1. The molecule has 0 aromatic carbocycles. The average molecular weight is 432 g/mol. The lowest BCUT2D eigenvalue weighted by atomic mass is 10.1. The molecule has 154 valence electrons. The number of fused-ring (bicyclic) bond motifs is 1. The Balaban J connectivity index is 1.34. The number of hydrogen-bond acceptors (Lipinski definition) is 7. The number of thiophene rings is 1. The number of aryl methyl sites for hydroxylation is 3. The van der Waals surface area contributed by atoms with Crippen molar-refractivity contribution in [3.8, 4) is 0 Å². The van der Waals surface area contributed by atoms with Gasteiger partial charge in [-0.25, -0.2) is 9.97 Å². The predicted molar refractivity (Wildman–Crippen MR) is 118 cm³/mol. The Morgan fingerprint density at radius 1 is 1.24 bits per heavy atom. The molecule has 7 nitrogen and oxygen atoms in total. The third kappa shape index (κ3) is 4.57. The molecule has 0 unspecified atom stereocenters. The summed E-state index contributed by atoms with van der Waals surface area (Å²) in [5.74, 6) is -0.144. The molecule has 0 spiro atoms. The zero-order chi connectivity index (χ0) is 20.4. The van der Waals surface area contributed by atoms with E-state index in [1.807, 2.05) is 19.2 Å². The van der Waals surface area contributed by atoms with E-state index in [1.54, 1.807) is 0 Å². The second-order valence-corrected chi connectivity index (χ2v) is 9.55. The third-order valence-electron chi connectivity index (χ3n) is 5.37. The molecule has 1 aliphatic heterocycles. The standard InChI is InChI=1S/C20H25N5O2S2/c1-13-14(2)29-18-17(13)19(27)25(12-21-18)9-6-16(26)23-20-22-15(11-28-20)10-24-7-4-3-5-8-24/h11-12H,3-10H2,1-2H3,(H,22,23,26). The number of amides is 1. The summed E-state index contributed by atoms with van der Waals surface area (Å²) in [6.07, 6.45) is 5.55. The highest BCUT2D eigenvalue weighted by Crippen LogP contribution is 2.25. The number of nitrogens with one attached hydrogen (secondary N) is 1. The van der Waals surface area contributed by atoms with Gasteiger partial charge < -0.3 is 5.32 Å². The van der Waals surface area contributed by atoms with E-state index in [0.717, 1.165) is 40.6 Å². The monoisotopic (exact) mass is 431 g/mol. The smallest absolute Gasteiger partial charge is 0.262 e. The molecule has 3 aromatic rings. The van der Waals surface area contributed by atoms with E-state index in [9.17, 15) is 9.59 Å². The van der Waals surface area contributed by atoms with E-state index in [2.05, 4.69) is 20.2 Å². The summed E-state index contributed by atoms with van der Waals surface area (Å²) in [6, 6.07) is 0. The van der Waals surface area contributed by atoms with Crippen LogP contribution in [0.2, 0.25) is 0 Å². The zero-order valence-electron chi connectivity index (χ0n) is 16.7. The Morgan fingerprint density at radius 2 is 2.03 bits per heavy atom. The number of nitrogens with zero attached hydrogens (tertiary/aromatic N) is 4. The molecule has 9 heteroatoms. The van der Waals surface area contributed by atoms with Crippen molar-refractivity contribution in [3.63, 3.8) is 0 Å². The molecular weight excluding hydrogens is 406 g/mol. The van der Waals surface area contributed by atoms with Crippen LogP contribution in [-0.4, -0.2) is 38.4 Å². The number of thiazole rings is 1. The van der Waals surface area contributed by atoms with Crippen LogP contribution in [0.25, 0.3) is 10.2 Å². The molecule has 3 aromatic heterocycles. The quantitative estimate of drug-likeness (QED) is 0.646. The van der Waals surface area contributed by atoms with Gasteiger partial charge in [0.2, 0.25) is 5.91 Å². The first kappa shape index (κ1) is 20.2. The van der Waals surface area contributed by atoms with Crippen molar-refractivity contribution in [3.05, 3.63) is 38.2 Å². The predicted octanol–water partition coefficient (Wildman–Crippen LogP) is 3.55. The van der Waals surface area contributed by atoms with Gasteiger partial charge in [-0.1, -0.05) is 6.42 Å². The minimum Gasteiger partial charge on any atom is -0.302 e. The van der Waals surface area contributed by atoms with Crippen LogP contribution in [-0.2, 0) is 17.9 Å². The molecule has 1 aliphatic rings. The SMILES string of the molecule is Cc1sc2ncn(CCC(=O)Nc3nc(CN4CCCCC4)cs3)c(=O)c2c1C. The molecule has 1 fully saturated rings. The summed E-state index contributed by atoms with van der Waals surface area (Å²) in [7, 11) is 0. The highest BCUT2D eigenvalue weighted by atomic mass is 32.1.